The minimum Gasteiger partial charge on any atom is -0.381 e. The SMILES string of the molecule is Cn1nc(C2CCCOC2)cc1NC(=O)C1(C2CCCC2)CCNC1=O. The van der Waals surface area contributed by atoms with Gasteiger partial charge in [-0.05, 0) is 38.0 Å². The molecule has 0 bridgehead atoms. The van der Waals surface area contributed by atoms with E-state index in [0.717, 1.165) is 50.8 Å². The van der Waals surface area contributed by atoms with E-state index in [4.69, 9.17) is 4.74 Å². The van der Waals surface area contributed by atoms with Gasteiger partial charge < -0.3 is 15.4 Å². The highest BCUT2D eigenvalue weighted by atomic mass is 16.5. The first-order valence-electron chi connectivity index (χ1n) is 9.82. The monoisotopic (exact) mass is 360 g/mol. The Labute approximate surface area is 153 Å². The zero-order valence-electron chi connectivity index (χ0n) is 15.4. The summed E-state index contributed by atoms with van der Waals surface area (Å²) in [7, 11) is 1.83. The Morgan fingerprint density at radius 2 is 2.15 bits per heavy atom. The van der Waals surface area contributed by atoms with Crippen molar-refractivity contribution >= 4 is 17.6 Å². The second kappa shape index (κ2) is 7.02. The van der Waals surface area contributed by atoms with Gasteiger partial charge in [-0.2, -0.15) is 5.10 Å². The minimum atomic E-state index is -0.922. The summed E-state index contributed by atoms with van der Waals surface area (Å²) >= 11 is 0. The van der Waals surface area contributed by atoms with Crippen molar-refractivity contribution in [1.29, 1.82) is 0 Å². The molecule has 0 radical (unpaired) electrons. The van der Waals surface area contributed by atoms with Gasteiger partial charge in [0.05, 0.1) is 12.3 Å². The van der Waals surface area contributed by atoms with Gasteiger partial charge in [0.15, 0.2) is 0 Å². The third-order valence-electron chi connectivity index (χ3n) is 6.39. The number of carbonyl (C=O) groups is 2. The summed E-state index contributed by atoms with van der Waals surface area (Å²) < 4.78 is 7.26. The van der Waals surface area contributed by atoms with E-state index in [1.165, 1.54) is 0 Å². The molecule has 3 fully saturated rings. The van der Waals surface area contributed by atoms with Crippen molar-refractivity contribution < 1.29 is 14.3 Å². The molecule has 0 spiro atoms. The molecule has 2 N–H and O–H groups in total. The number of hydrogen-bond donors (Lipinski definition) is 2. The van der Waals surface area contributed by atoms with Gasteiger partial charge >= 0.3 is 0 Å². The van der Waals surface area contributed by atoms with Crippen molar-refractivity contribution in [3.63, 3.8) is 0 Å². The van der Waals surface area contributed by atoms with E-state index in [1.807, 2.05) is 13.1 Å². The molecule has 2 saturated heterocycles. The van der Waals surface area contributed by atoms with Crippen LogP contribution in [0.4, 0.5) is 5.82 Å². The van der Waals surface area contributed by atoms with E-state index < -0.39 is 5.41 Å². The van der Waals surface area contributed by atoms with Crippen LogP contribution in [0.5, 0.6) is 0 Å². The van der Waals surface area contributed by atoms with Crippen LogP contribution < -0.4 is 10.6 Å². The first-order chi connectivity index (χ1) is 12.6. The number of ether oxygens (including phenoxy) is 1. The molecule has 1 aromatic heterocycles. The fourth-order valence-electron chi connectivity index (χ4n) is 4.86. The molecule has 7 nitrogen and oxygen atoms in total. The fourth-order valence-corrected chi connectivity index (χ4v) is 4.86. The zero-order chi connectivity index (χ0) is 18.1. The van der Waals surface area contributed by atoms with Crippen LogP contribution in [0.1, 0.15) is 56.6 Å². The molecule has 7 heteroatoms. The number of aryl methyl sites for hydroxylation is 1. The number of amides is 2. The van der Waals surface area contributed by atoms with Gasteiger partial charge in [-0.3, -0.25) is 14.3 Å². The normalized spacial score (nSPS) is 29.7. The van der Waals surface area contributed by atoms with Crippen LogP contribution in [0.3, 0.4) is 0 Å². The van der Waals surface area contributed by atoms with Gasteiger partial charge in [0.2, 0.25) is 11.8 Å². The number of nitrogens with zero attached hydrogens (tertiary/aromatic N) is 2. The molecule has 142 valence electrons. The van der Waals surface area contributed by atoms with Crippen molar-refractivity contribution in [3.05, 3.63) is 11.8 Å². The second-order valence-corrected chi connectivity index (χ2v) is 7.90. The lowest BCUT2D eigenvalue weighted by Gasteiger charge is -2.31. The highest BCUT2D eigenvalue weighted by molar-refractivity contribution is 6.11. The summed E-state index contributed by atoms with van der Waals surface area (Å²) in [5.41, 5.74) is 0.0304. The van der Waals surface area contributed by atoms with Crippen molar-refractivity contribution in [2.45, 2.75) is 50.9 Å². The molecule has 4 rings (SSSR count). The Bertz CT molecular complexity index is 689. The third-order valence-corrected chi connectivity index (χ3v) is 6.39. The average Bonchev–Trinajstić information content (AvgIpc) is 3.37. The number of hydrogen-bond acceptors (Lipinski definition) is 4. The Hall–Kier alpha value is -1.89. The largest absolute Gasteiger partial charge is 0.381 e. The number of rotatable bonds is 4. The van der Waals surface area contributed by atoms with Gasteiger partial charge in [0.25, 0.3) is 0 Å². The van der Waals surface area contributed by atoms with E-state index in [-0.39, 0.29) is 23.7 Å². The predicted molar refractivity (Wildman–Crippen MR) is 96.6 cm³/mol. The van der Waals surface area contributed by atoms with Crippen molar-refractivity contribution in [1.82, 2.24) is 15.1 Å². The minimum absolute atomic E-state index is 0.107. The Kier molecular flexibility index (Phi) is 4.73. The van der Waals surface area contributed by atoms with Crippen LogP contribution in [-0.4, -0.2) is 41.4 Å². The van der Waals surface area contributed by atoms with Gasteiger partial charge in [-0.25, -0.2) is 0 Å². The number of carbonyl (C=O) groups excluding carboxylic acids is 2. The quantitative estimate of drug-likeness (QED) is 0.804. The van der Waals surface area contributed by atoms with E-state index in [2.05, 4.69) is 15.7 Å². The van der Waals surface area contributed by atoms with E-state index in [0.29, 0.717) is 25.4 Å². The summed E-state index contributed by atoms with van der Waals surface area (Å²) in [6, 6.07) is 1.94. The molecular weight excluding hydrogens is 332 g/mol. The maximum atomic E-state index is 13.2. The van der Waals surface area contributed by atoms with Crippen LogP contribution >= 0.6 is 0 Å². The maximum absolute atomic E-state index is 13.2. The molecule has 1 aliphatic carbocycles. The predicted octanol–water partition coefficient (Wildman–Crippen LogP) is 1.95. The van der Waals surface area contributed by atoms with Crippen LogP contribution in [0.2, 0.25) is 0 Å². The smallest absolute Gasteiger partial charge is 0.241 e. The highest BCUT2D eigenvalue weighted by Gasteiger charge is 2.55. The molecule has 2 amide bonds. The summed E-state index contributed by atoms with van der Waals surface area (Å²) in [6.45, 7) is 2.07. The number of aromatic nitrogens is 2. The maximum Gasteiger partial charge on any atom is 0.241 e. The Balaban J connectivity index is 1.55. The lowest BCUT2D eigenvalue weighted by molar-refractivity contribution is -0.141. The molecule has 26 heavy (non-hydrogen) atoms. The average molecular weight is 360 g/mol. The first kappa shape index (κ1) is 17.5. The van der Waals surface area contributed by atoms with Crippen LogP contribution in [0.25, 0.3) is 0 Å². The first-order valence-corrected chi connectivity index (χ1v) is 9.82. The van der Waals surface area contributed by atoms with Crippen molar-refractivity contribution in [2.24, 2.45) is 18.4 Å². The summed E-state index contributed by atoms with van der Waals surface area (Å²) in [5.74, 6) is 0.801. The molecule has 3 aliphatic rings. The summed E-state index contributed by atoms with van der Waals surface area (Å²) in [5, 5.41) is 10.5. The van der Waals surface area contributed by atoms with Crippen molar-refractivity contribution in [3.8, 4) is 0 Å². The third kappa shape index (κ3) is 2.92. The summed E-state index contributed by atoms with van der Waals surface area (Å²) in [6.07, 6.45) is 6.79. The van der Waals surface area contributed by atoms with E-state index in [1.54, 1.807) is 4.68 Å². The molecule has 2 atom stereocenters. The molecular formula is C19H28N4O3. The highest BCUT2D eigenvalue weighted by Crippen LogP contribution is 2.45. The van der Waals surface area contributed by atoms with E-state index >= 15 is 0 Å². The summed E-state index contributed by atoms with van der Waals surface area (Å²) in [4.78, 5) is 25.9. The molecule has 1 saturated carbocycles. The number of nitrogens with one attached hydrogen (secondary N) is 2. The van der Waals surface area contributed by atoms with Gasteiger partial charge in [0, 0.05) is 32.2 Å². The zero-order valence-corrected chi connectivity index (χ0v) is 15.4. The lowest BCUT2D eigenvalue weighted by atomic mass is 9.72. The molecule has 2 aliphatic heterocycles. The Morgan fingerprint density at radius 3 is 2.81 bits per heavy atom. The topological polar surface area (TPSA) is 85.2 Å². The molecule has 3 heterocycles. The van der Waals surface area contributed by atoms with Crippen LogP contribution in [-0.2, 0) is 21.4 Å². The van der Waals surface area contributed by atoms with Gasteiger partial charge in [-0.15, -0.1) is 0 Å². The van der Waals surface area contributed by atoms with E-state index in [9.17, 15) is 9.59 Å². The second-order valence-electron chi connectivity index (χ2n) is 7.90. The molecule has 1 aromatic rings. The number of anilines is 1. The van der Waals surface area contributed by atoms with Gasteiger partial charge in [-0.1, -0.05) is 12.8 Å². The van der Waals surface area contributed by atoms with Crippen molar-refractivity contribution in [2.75, 3.05) is 25.1 Å². The molecule has 0 aromatic carbocycles. The van der Waals surface area contributed by atoms with Gasteiger partial charge in [0.1, 0.15) is 11.2 Å². The standard InChI is InChI=1S/C19H28N4O3/c1-23-16(11-15(22-23)13-5-4-10-26-12-13)21-18(25)19(8-9-20-17(19)24)14-6-2-3-7-14/h11,13-14H,2-10,12H2,1H3,(H,20,24)(H,21,25). The molecule has 2 unspecified atom stereocenters. The lowest BCUT2D eigenvalue weighted by Crippen LogP contribution is -2.47. The fraction of sp³-hybridized carbons (Fsp3) is 0.737. The Morgan fingerprint density at radius 1 is 1.35 bits per heavy atom. The van der Waals surface area contributed by atoms with Crippen LogP contribution in [0, 0.1) is 11.3 Å². The van der Waals surface area contributed by atoms with Crippen LogP contribution in [0.15, 0.2) is 6.07 Å².